The van der Waals surface area contributed by atoms with Gasteiger partial charge in [0.25, 0.3) is 5.69 Å². The van der Waals surface area contributed by atoms with Crippen molar-refractivity contribution in [2.24, 2.45) is 7.05 Å². The Labute approximate surface area is 167 Å². The van der Waals surface area contributed by atoms with Gasteiger partial charge >= 0.3 is 0 Å². The number of nitrogens with one attached hydrogen (secondary N) is 1. The maximum atomic E-state index is 13.2. The van der Waals surface area contributed by atoms with E-state index in [4.69, 9.17) is 11.6 Å². The van der Waals surface area contributed by atoms with Crippen LogP contribution in [0.3, 0.4) is 0 Å². The van der Waals surface area contributed by atoms with E-state index in [0.717, 1.165) is 0 Å². The van der Waals surface area contributed by atoms with Gasteiger partial charge in [-0.15, -0.1) is 10.2 Å². The van der Waals surface area contributed by atoms with Crippen molar-refractivity contribution in [2.45, 2.75) is 5.16 Å². The van der Waals surface area contributed by atoms with E-state index < -0.39 is 10.7 Å². The molecule has 1 N–H and O–H groups in total. The van der Waals surface area contributed by atoms with Crippen molar-refractivity contribution in [3.63, 3.8) is 0 Å². The Morgan fingerprint density at radius 1 is 1.29 bits per heavy atom. The highest BCUT2D eigenvalue weighted by Crippen LogP contribution is 2.25. The van der Waals surface area contributed by atoms with Crippen LogP contribution in [0.1, 0.15) is 0 Å². The Morgan fingerprint density at radius 2 is 2.00 bits per heavy atom. The molecule has 0 aliphatic rings. The molecule has 0 fully saturated rings. The minimum absolute atomic E-state index is 0.0157. The minimum atomic E-state index is -0.563. The molecule has 3 aromatic rings. The number of thioether (sulfide) groups is 1. The third-order valence-electron chi connectivity index (χ3n) is 3.71. The fourth-order valence-corrected chi connectivity index (χ4v) is 3.22. The maximum absolute atomic E-state index is 13.2. The van der Waals surface area contributed by atoms with E-state index in [0.29, 0.717) is 22.2 Å². The number of non-ortho nitro benzene ring substituents is 1. The number of nitro benzene ring substituents is 1. The van der Waals surface area contributed by atoms with Gasteiger partial charge in [0.15, 0.2) is 11.0 Å². The maximum Gasteiger partial charge on any atom is 0.269 e. The lowest BCUT2D eigenvalue weighted by Crippen LogP contribution is -2.14. The van der Waals surface area contributed by atoms with Crippen molar-refractivity contribution in [2.75, 3.05) is 11.1 Å². The van der Waals surface area contributed by atoms with Gasteiger partial charge in [-0.3, -0.25) is 14.9 Å². The second-order valence-electron chi connectivity index (χ2n) is 5.63. The van der Waals surface area contributed by atoms with Crippen LogP contribution in [0, 0.1) is 15.9 Å². The van der Waals surface area contributed by atoms with Gasteiger partial charge in [-0.05, 0) is 30.3 Å². The molecule has 0 bridgehead atoms. The average molecular weight is 422 g/mol. The number of rotatable bonds is 6. The van der Waals surface area contributed by atoms with Crippen molar-refractivity contribution in [3.05, 3.63) is 63.4 Å². The summed E-state index contributed by atoms with van der Waals surface area (Å²) in [6.45, 7) is 0. The van der Waals surface area contributed by atoms with E-state index in [1.54, 1.807) is 23.7 Å². The van der Waals surface area contributed by atoms with Gasteiger partial charge in [-0.2, -0.15) is 0 Å². The fraction of sp³-hybridized carbons (Fsp3) is 0.118. The second-order valence-corrected chi connectivity index (χ2v) is 6.98. The predicted octanol–water partition coefficient (Wildman–Crippen LogP) is 3.91. The summed E-state index contributed by atoms with van der Waals surface area (Å²) >= 11 is 6.86. The van der Waals surface area contributed by atoms with Crippen LogP contribution in [-0.2, 0) is 11.8 Å². The summed E-state index contributed by atoms with van der Waals surface area (Å²) in [5.41, 5.74) is 1.04. The number of aromatic nitrogens is 3. The predicted molar refractivity (Wildman–Crippen MR) is 104 cm³/mol. The number of carbonyl (C=O) groups excluding carboxylic acids is 1. The smallest absolute Gasteiger partial charge is 0.269 e. The Hall–Kier alpha value is -2.98. The van der Waals surface area contributed by atoms with Gasteiger partial charge < -0.3 is 9.88 Å². The zero-order valence-electron chi connectivity index (χ0n) is 14.4. The number of halogens is 2. The topological polar surface area (TPSA) is 103 Å². The Balaban J connectivity index is 1.64. The molecule has 28 heavy (non-hydrogen) atoms. The van der Waals surface area contributed by atoms with Gasteiger partial charge in [-0.25, -0.2) is 4.39 Å². The molecule has 0 saturated heterocycles. The van der Waals surface area contributed by atoms with Gasteiger partial charge in [0.05, 0.1) is 15.7 Å². The number of nitro groups is 1. The largest absolute Gasteiger partial charge is 0.325 e. The number of anilines is 1. The zero-order chi connectivity index (χ0) is 20.3. The van der Waals surface area contributed by atoms with Gasteiger partial charge in [-0.1, -0.05) is 23.4 Å². The van der Waals surface area contributed by atoms with E-state index in [2.05, 4.69) is 15.5 Å². The van der Waals surface area contributed by atoms with Crippen LogP contribution in [-0.4, -0.2) is 31.3 Å². The summed E-state index contributed by atoms with van der Waals surface area (Å²) in [6.07, 6.45) is 0. The molecule has 11 heteroatoms. The molecule has 3 rings (SSSR count). The monoisotopic (exact) mass is 421 g/mol. The fourth-order valence-electron chi connectivity index (χ4n) is 2.33. The molecule has 1 heterocycles. The van der Waals surface area contributed by atoms with Crippen LogP contribution in [0.5, 0.6) is 0 Å². The third kappa shape index (κ3) is 4.46. The summed E-state index contributed by atoms with van der Waals surface area (Å²) in [6, 6.07) is 9.86. The molecule has 8 nitrogen and oxygen atoms in total. The first kappa shape index (κ1) is 19.8. The molecule has 0 aliphatic carbocycles. The molecule has 144 valence electrons. The molecule has 1 amide bonds. The summed E-state index contributed by atoms with van der Waals surface area (Å²) < 4.78 is 14.8. The van der Waals surface area contributed by atoms with E-state index in [1.165, 1.54) is 42.1 Å². The first-order valence-electron chi connectivity index (χ1n) is 7.87. The van der Waals surface area contributed by atoms with Gasteiger partial charge in [0.1, 0.15) is 5.82 Å². The van der Waals surface area contributed by atoms with Crippen LogP contribution in [0.2, 0.25) is 5.02 Å². The van der Waals surface area contributed by atoms with Crippen molar-refractivity contribution in [1.29, 1.82) is 0 Å². The van der Waals surface area contributed by atoms with Crippen LogP contribution in [0.15, 0.2) is 47.6 Å². The summed E-state index contributed by atoms with van der Waals surface area (Å²) in [7, 11) is 1.73. The van der Waals surface area contributed by atoms with Crippen LogP contribution >= 0.6 is 23.4 Å². The standard InChI is InChI=1S/C17H13ClFN5O3S/c1-23-16(10-2-5-12(6-3-10)24(26)27)21-22-17(23)28-9-15(25)20-11-4-7-14(19)13(18)8-11/h2-8H,9H2,1H3,(H,20,25). The molecule has 0 spiro atoms. The van der Waals surface area contributed by atoms with E-state index in [9.17, 15) is 19.3 Å². The van der Waals surface area contributed by atoms with E-state index in [-0.39, 0.29) is 22.4 Å². The number of benzene rings is 2. The number of amides is 1. The Kier molecular flexibility index (Phi) is 5.90. The number of carbonyl (C=O) groups is 1. The molecule has 1 aromatic heterocycles. The van der Waals surface area contributed by atoms with Gasteiger partial charge in [0.2, 0.25) is 5.91 Å². The lowest BCUT2D eigenvalue weighted by atomic mass is 10.2. The average Bonchev–Trinajstić information content (AvgIpc) is 3.03. The summed E-state index contributed by atoms with van der Waals surface area (Å²) in [5, 5.41) is 21.9. The van der Waals surface area contributed by atoms with E-state index >= 15 is 0 Å². The quantitative estimate of drug-likeness (QED) is 0.367. The summed E-state index contributed by atoms with van der Waals surface area (Å²) in [4.78, 5) is 22.3. The molecule has 0 radical (unpaired) electrons. The molecular formula is C17H13ClFN5O3S. The molecule has 0 saturated carbocycles. The highest BCUT2D eigenvalue weighted by atomic mass is 35.5. The highest BCUT2D eigenvalue weighted by molar-refractivity contribution is 7.99. The normalized spacial score (nSPS) is 10.7. The lowest BCUT2D eigenvalue weighted by molar-refractivity contribution is -0.384. The first-order chi connectivity index (χ1) is 13.3. The highest BCUT2D eigenvalue weighted by Gasteiger charge is 2.14. The van der Waals surface area contributed by atoms with Gasteiger partial charge in [0, 0.05) is 30.4 Å². The van der Waals surface area contributed by atoms with E-state index in [1.807, 2.05) is 0 Å². The van der Waals surface area contributed by atoms with Crippen LogP contribution in [0.25, 0.3) is 11.4 Å². The Bertz CT molecular complexity index is 1040. The molecule has 0 unspecified atom stereocenters. The SMILES string of the molecule is Cn1c(SCC(=O)Nc2ccc(F)c(Cl)c2)nnc1-c1ccc([N+](=O)[O-])cc1. The Morgan fingerprint density at radius 3 is 2.64 bits per heavy atom. The molecular weight excluding hydrogens is 409 g/mol. The summed E-state index contributed by atoms with van der Waals surface area (Å²) in [5.74, 6) is -0.302. The van der Waals surface area contributed by atoms with Crippen molar-refractivity contribution in [1.82, 2.24) is 14.8 Å². The van der Waals surface area contributed by atoms with Crippen molar-refractivity contribution >= 4 is 40.6 Å². The molecule has 0 atom stereocenters. The first-order valence-corrected chi connectivity index (χ1v) is 9.23. The number of hydrogen-bond acceptors (Lipinski definition) is 6. The zero-order valence-corrected chi connectivity index (χ0v) is 16.0. The number of hydrogen-bond donors (Lipinski definition) is 1. The van der Waals surface area contributed by atoms with Crippen molar-refractivity contribution < 1.29 is 14.1 Å². The third-order valence-corrected chi connectivity index (χ3v) is 5.02. The van der Waals surface area contributed by atoms with Crippen LogP contribution in [0.4, 0.5) is 15.8 Å². The van der Waals surface area contributed by atoms with Crippen LogP contribution < -0.4 is 5.32 Å². The molecule has 0 aliphatic heterocycles. The lowest BCUT2D eigenvalue weighted by Gasteiger charge is -2.06. The van der Waals surface area contributed by atoms with Crippen molar-refractivity contribution in [3.8, 4) is 11.4 Å². The number of nitrogens with zero attached hydrogens (tertiary/aromatic N) is 4. The second kappa shape index (κ2) is 8.36. The molecule has 2 aromatic carbocycles. The minimum Gasteiger partial charge on any atom is -0.325 e.